The van der Waals surface area contributed by atoms with Gasteiger partial charge in [-0.15, -0.1) is 5.10 Å². The number of nitrogens with two attached hydrogens (primary N) is 1. The zero-order valence-electron chi connectivity index (χ0n) is 10.8. The first-order valence-corrected chi connectivity index (χ1v) is 8.09. The Morgan fingerprint density at radius 2 is 2.19 bits per heavy atom. The number of amides is 1. The molecule has 0 bridgehead atoms. The number of primary sulfonamides is 1. The largest absolute Gasteiger partial charge is 0.320 e. The van der Waals surface area contributed by atoms with Gasteiger partial charge in [0, 0.05) is 0 Å². The van der Waals surface area contributed by atoms with Crippen LogP contribution in [-0.2, 0) is 16.4 Å². The summed E-state index contributed by atoms with van der Waals surface area (Å²) in [6.45, 7) is 1.80. The van der Waals surface area contributed by atoms with Crippen LogP contribution in [0.5, 0.6) is 0 Å². The Morgan fingerprint density at radius 1 is 1.48 bits per heavy atom. The molecule has 0 saturated heterocycles. The molecule has 1 amide bonds. The molecule has 0 atom stereocenters. The lowest BCUT2D eigenvalue weighted by atomic mass is 10.2. The molecule has 0 spiro atoms. The molecule has 112 valence electrons. The van der Waals surface area contributed by atoms with Gasteiger partial charge in [-0.2, -0.15) is 0 Å². The molecule has 1 aromatic heterocycles. The molecule has 3 N–H and O–H groups in total. The minimum absolute atomic E-state index is 0.224. The fourth-order valence-corrected chi connectivity index (χ4v) is 2.96. The van der Waals surface area contributed by atoms with Crippen LogP contribution in [0.4, 0.5) is 10.1 Å². The summed E-state index contributed by atoms with van der Waals surface area (Å²) in [5, 5.41) is 11.1. The van der Waals surface area contributed by atoms with Gasteiger partial charge in [0.05, 0.1) is 11.4 Å². The highest BCUT2D eigenvalue weighted by Crippen LogP contribution is 2.23. The van der Waals surface area contributed by atoms with Crippen LogP contribution in [0, 0.1) is 5.82 Å². The van der Waals surface area contributed by atoms with Gasteiger partial charge in [-0.3, -0.25) is 4.79 Å². The number of nitrogens with one attached hydrogen (secondary N) is 1. The molecule has 0 radical (unpaired) electrons. The molecule has 7 nitrogen and oxygen atoms in total. The highest BCUT2D eigenvalue weighted by atomic mass is 32.2. The van der Waals surface area contributed by atoms with Crippen LogP contribution in [0.3, 0.4) is 0 Å². The van der Waals surface area contributed by atoms with Gasteiger partial charge in [0.1, 0.15) is 15.6 Å². The Hall–Kier alpha value is -1.91. The van der Waals surface area contributed by atoms with Crippen LogP contribution in [0.25, 0.3) is 0 Å². The van der Waals surface area contributed by atoms with E-state index in [1.807, 2.05) is 0 Å². The van der Waals surface area contributed by atoms with Crippen molar-refractivity contribution in [3.8, 4) is 0 Å². The van der Waals surface area contributed by atoms with E-state index in [-0.39, 0.29) is 15.5 Å². The lowest BCUT2D eigenvalue weighted by Gasteiger charge is -2.09. The number of nitrogens with zero attached hydrogens (tertiary/aromatic N) is 2. The summed E-state index contributed by atoms with van der Waals surface area (Å²) >= 11 is 0.871. The molecule has 2 aromatic rings. The van der Waals surface area contributed by atoms with Crippen LogP contribution in [0.2, 0.25) is 0 Å². The molecule has 0 unspecified atom stereocenters. The van der Waals surface area contributed by atoms with E-state index < -0.39 is 21.7 Å². The van der Waals surface area contributed by atoms with Crippen molar-refractivity contribution in [2.75, 3.05) is 5.32 Å². The highest BCUT2D eigenvalue weighted by Gasteiger charge is 2.20. The number of carbonyl (C=O) groups excluding carboxylic acids is 1. The predicted molar refractivity (Wildman–Crippen MR) is 75.0 cm³/mol. The fraction of sp³-hybridized carbons (Fsp3) is 0.182. The van der Waals surface area contributed by atoms with E-state index in [2.05, 4.69) is 14.9 Å². The minimum Gasteiger partial charge on any atom is -0.320 e. The zero-order chi connectivity index (χ0) is 15.6. The van der Waals surface area contributed by atoms with Crippen molar-refractivity contribution >= 4 is 33.2 Å². The number of sulfonamides is 1. The molecular weight excluding hydrogens is 319 g/mol. The summed E-state index contributed by atoms with van der Waals surface area (Å²) < 4.78 is 39.8. The fourth-order valence-electron chi connectivity index (χ4n) is 1.64. The van der Waals surface area contributed by atoms with Crippen molar-refractivity contribution in [2.24, 2.45) is 5.14 Å². The zero-order valence-corrected chi connectivity index (χ0v) is 12.5. The third-order valence-electron chi connectivity index (χ3n) is 2.59. The molecule has 0 aliphatic heterocycles. The summed E-state index contributed by atoms with van der Waals surface area (Å²) in [5.74, 6) is -1.31. The predicted octanol–water partition coefficient (Wildman–Crippen LogP) is 1.14. The van der Waals surface area contributed by atoms with Gasteiger partial charge in [0.15, 0.2) is 0 Å². The maximum absolute atomic E-state index is 13.3. The van der Waals surface area contributed by atoms with E-state index >= 15 is 0 Å². The summed E-state index contributed by atoms with van der Waals surface area (Å²) in [6, 6.07) is 2.82. The monoisotopic (exact) mass is 330 g/mol. The first kappa shape index (κ1) is 15.5. The Kier molecular flexibility index (Phi) is 4.30. The number of halogens is 1. The number of aryl methyl sites for hydroxylation is 1. The Labute approximate surface area is 124 Å². The number of aromatic nitrogens is 2. The summed E-state index contributed by atoms with van der Waals surface area (Å²) in [4.78, 5) is 12.0. The molecule has 21 heavy (non-hydrogen) atoms. The van der Waals surface area contributed by atoms with Crippen LogP contribution in [0.1, 0.15) is 22.3 Å². The third-order valence-corrected chi connectivity index (χ3v) is 4.33. The van der Waals surface area contributed by atoms with Gasteiger partial charge in [-0.1, -0.05) is 11.4 Å². The van der Waals surface area contributed by atoms with Gasteiger partial charge in [0.25, 0.3) is 5.91 Å². The van der Waals surface area contributed by atoms with Crippen LogP contribution in [0.15, 0.2) is 23.1 Å². The molecule has 0 aliphatic carbocycles. The van der Waals surface area contributed by atoms with Crippen molar-refractivity contribution < 1.29 is 17.6 Å². The second-order valence-corrected chi connectivity index (χ2v) is 6.33. The van der Waals surface area contributed by atoms with Crippen molar-refractivity contribution in [2.45, 2.75) is 18.2 Å². The average molecular weight is 330 g/mol. The average Bonchev–Trinajstić information content (AvgIpc) is 2.85. The molecular formula is C11H11FN4O3S2. The molecule has 0 saturated carbocycles. The lowest BCUT2D eigenvalue weighted by Crippen LogP contribution is -2.18. The summed E-state index contributed by atoms with van der Waals surface area (Å²) in [7, 11) is -4.09. The SMILES string of the molecule is CCc1nnsc1C(=O)Nc1cc(F)ccc1S(N)(=O)=O. The van der Waals surface area contributed by atoms with E-state index in [4.69, 9.17) is 5.14 Å². The molecule has 0 fully saturated rings. The quantitative estimate of drug-likeness (QED) is 0.872. The number of benzene rings is 1. The Morgan fingerprint density at radius 3 is 2.81 bits per heavy atom. The highest BCUT2D eigenvalue weighted by molar-refractivity contribution is 7.89. The minimum atomic E-state index is -4.09. The Balaban J connectivity index is 2.40. The van der Waals surface area contributed by atoms with Crippen LogP contribution in [-0.4, -0.2) is 23.9 Å². The molecule has 0 aliphatic rings. The second kappa shape index (κ2) is 5.84. The topological polar surface area (TPSA) is 115 Å². The first-order valence-electron chi connectivity index (χ1n) is 5.78. The maximum atomic E-state index is 13.3. The lowest BCUT2D eigenvalue weighted by molar-refractivity contribution is 0.102. The standard InChI is InChI=1S/C11H11FN4O3S2/c1-2-7-10(20-16-15-7)11(17)14-8-5-6(12)3-4-9(8)21(13,18)19/h3-5H,2H2,1H3,(H,14,17)(H2,13,18,19). The normalized spacial score (nSPS) is 11.4. The number of hydrogen-bond acceptors (Lipinski definition) is 6. The van der Waals surface area contributed by atoms with Crippen molar-refractivity contribution in [1.82, 2.24) is 9.59 Å². The van der Waals surface area contributed by atoms with Gasteiger partial charge in [0.2, 0.25) is 10.0 Å². The number of hydrogen-bond donors (Lipinski definition) is 2. The maximum Gasteiger partial charge on any atom is 0.269 e. The van der Waals surface area contributed by atoms with Gasteiger partial charge in [-0.25, -0.2) is 17.9 Å². The van der Waals surface area contributed by atoms with E-state index in [1.54, 1.807) is 6.92 Å². The van der Waals surface area contributed by atoms with Crippen molar-refractivity contribution in [1.29, 1.82) is 0 Å². The third kappa shape index (κ3) is 3.40. The van der Waals surface area contributed by atoms with E-state index in [0.29, 0.717) is 12.1 Å². The Bertz CT molecular complexity index is 789. The number of carbonyl (C=O) groups is 1. The van der Waals surface area contributed by atoms with E-state index in [0.717, 1.165) is 29.7 Å². The van der Waals surface area contributed by atoms with E-state index in [9.17, 15) is 17.6 Å². The smallest absolute Gasteiger partial charge is 0.269 e. The van der Waals surface area contributed by atoms with Crippen molar-refractivity contribution in [3.05, 3.63) is 34.6 Å². The molecule has 1 heterocycles. The summed E-state index contributed by atoms with van der Waals surface area (Å²) in [5.41, 5.74) is 0.254. The molecule has 10 heteroatoms. The van der Waals surface area contributed by atoms with E-state index in [1.165, 1.54) is 0 Å². The first-order chi connectivity index (χ1) is 9.82. The van der Waals surface area contributed by atoms with Crippen molar-refractivity contribution in [3.63, 3.8) is 0 Å². The second-order valence-electron chi connectivity index (χ2n) is 4.04. The molecule has 1 aromatic carbocycles. The van der Waals surface area contributed by atoms with Gasteiger partial charge < -0.3 is 5.32 Å². The van der Waals surface area contributed by atoms with Gasteiger partial charge >= 0.3 is 0 Å². The summed E-state index contributed by atoms with van der Waals surface area (Å²) in [6.07, 6.45) is 0.491. The number of anilines is 1. The molecule has 2 rings (SSSR count). The van der Waals surface area contributed by atoms with Gasteiger partial charge in [-0.05, 0) is 36.2 Å². The van der Waals surface area contributed by atoms with Crippen LogP contribution < -0.4 is 10.5 Å². The van der Waals surface area contributed by atoms with Crippen LogP contribution >= 0.6 is 11.5 Å². The number of rotatable bonds is 4.